The SMILES string of the molecule is N[C@@H](CO)C(=O)N[C@@H](Cc1cnc[nH]1)C(=O)N[C@@H](Cc1c[nH]c2ccccc12)C(=O)N[C@@H](Cc1c[nH]c2ccccc12)C(=O)NCC(=O)O. The van der Waals surface area contributed by atoms with E-state index in [1.54, 1.807) is 12.4 Å². The topological polar surface area (TPSA) is 260 Å². The summed E-state index contributed by atoms with van der Waals surface area (Å²) in [5.41, 5.74) is 9.20. The lowest BCUT2D eigenvalue weighted by molar-refractivity contribution is -0.138. The second-order valence-corrected chi connectivity index (χ2v) is 11.5. The summed E-state index contributed by atoms with van der Waals surface area (Å²) >= 11 is 0. The maximum absolute atomic E-state index is 14.1. The van der Waals surface area contributed by atoms with E-state index in [0.717, 1.165) is 21.8 Å². The van der Waals surface area contributed by atoms with Crippen molar-refractivity contribution in [2.24, 2.45) is 5.73 Å². The van der Waals surface area contributed by atoms with E-state index >= 15 is 0 Å². The van der Waals surface area contributed by atoms with Gasteiger partial charge in [-0.15, -0.1) is 0 Å². The summed E-state index contributed by atoms with van der Waals surface area (Å²) in [6, 6.07) is 9.76. The number of carbonyl (C=O) groups is 5. The van der Waals surface area contributed by atoms with E-state index in [1.807, 2.05) is 48.5 Å². The van der Waals surface area contributed by atoms with Crippen LogP contribution in [0.3, 0.4) is 0 Å². The van der Waals surface area contributed by atoms with Crippen molar-refractivity contribution in [1.29, 1.82) is 0 Å². The number of carboxylic acids is 1. The van der Waals surface area contributed by atoms with Gasteiger partial charge in [0.15, 0.2) is 0 Å². The van der Waals surface area contributed by atoms with Gasteiger partial charge in [0.05, 0.1) is 12.9 Å². The Morgan fingerprint density at radius 3 is 1.73 bits per heavy atom. The molecule has 2 aromatic carbocycles. The summed E-state index contributed by atoms with van der Waals surface area (Å²) in [7, 11) is 0. The van der Waals surface area contributed by atoms with Gasteiger partial charge in [0, 0.05) is 65.4 Å². The van der Waals surface area contributed by atoms with E-state index in [0.29, 0.717) is 16.8 Å². The number of carboxylic acid groups (broad SMARTS) is 1. The molecule has 0 aliphatic heterocycles. The lowest BCUT2D eigenvalue weighted by Crippen LogP contribution is -2.59. The third-order valence-electron chi connectivity index (χ3n) is 8.02. The number of nitrogens with two attached hydrogens (primary N) is 1. The third kappa shape index (κ3) is 8.68. The monoisotopic (exact) mass is 671 g/mol. The van der Waals surface area contributed by atoms with Crippen LogP contribution in [0.1, 0.15) is 16.8 Å². The fraction of sp³-hybridized carbons (Fsp3) is 0.273. The Kier molecular flexibility index (Phi) is 11.0. The number of hydrogen-bond donors (Lipinski definition) is 10. The van der Waals surface area contributed by atoms with E-state index in [4.69, 9.17) is 5.73 Å². The number of aromatic nitrogens is 4. The number of imidazole rings is 1. The highest BCUT2D eigenvalue weighted by Gasteiger charge is 2.32. The molecule has 16 heteroatoms. The number of aliphatic carboxylic acids is 1. The number of aromatic amines is 3. The molecule has 0 aliphatic carbocycles. The number of hydrogen-bond acceptors (Lipinski definition) is 8. The van der Waals surface area contributed by atoms with Crippen molar-refractivity contribution in [2.75, 3.05) is 13.2 Å². The molecule has 4 amide bonds. The standard InChI is InChI=1S/C33H37N9O7/c34-23(16-43)30(46)40-28(11-20-14-35-17-39-20)33(49)42-27(10-19-13-37-25-8-4-2-6-22(19)25)32(48)41-26(31(47)38-15-29(44)45)9-18-12-36-24-7-3-1-5-21(18)24/h1-8,12-14,17,23,26-28,36-37,43H,9-11,15-16,34H2,(H,35,39)(H,38,47)(H,40,46)(H,41,48)(H,42,49)(H,44,45)/t23-,26-,27-,28-/m0/s1. The van der Waals surface area contributed by atoms with E-state index < -0.39 is 66.9 Å². The smallest absolute Gasteiger partial charge is 0.322 e. The molecule has 0 bridgehead atoms. The molecule has 5 aromatic rings. The van der Waals surface area contributed by atoms with Gasteiger partial charge in [-0.1, -0.05) is 36.4 Å². The van der Waals surface area contributed by atoms with Gasteiger partial charge in [-0.05, 0) is 23.3 Å². The summed E-state index contributed by atoms with van der Waals surface area (Å²) in [6.45, 7) is -1.32. The van der Waals surface area contributed by atoms with Crippen molar-refractivity contribution in [2.45, 2.75) is 43.4 Å². The predicted octanol–water partition coefficient (Wildman–Crippen LogP) is -0.625. The second kappa shape index (κ2) is 15.7. The van der Waals surface area contributed by atoms with Crippen LogP contribution < -0.4 is 27.0 Å². The molecule has 256 valence electrons. The number of carbonyl (C=O) groups excluding carboxylic acids is 4. The van der Waals surface area contributed by atoms with Gasteiger partial charge in [-0.2, -0.15) is 0 Å². The third-order valence-corrected chi connectivity index (χ3v) is 8.02. The molecule has 0 saturated carbocycles. The normalized spacial score (nSPS) is 13.7. The number of rotatable bonds is 16. The average Bonchev–Trinajstić information content (AvgIpc) is 3.86. The summed E-state index contributed by atoms with van der Waals surface area (Å²) in [4.78, 5) is 78.2. The fourth-order valence-electron chi connectivity index (χ4n) is 5.48. The molecule has 0 unspecified atom stereocenters. The molecule has 5 rings (SSSR count). The number of aliphatic hydroxyl groups excluding tert-OH is 1. The zero-order valence-electron chi connectivity index (χ0n) is 26.2. The number of para-hydroxylation sites is 2. The van der Waals surface area contributed by atoms with Gasteiger partial charge in [-0.25, -0.2) is 4.98 Å². The Morgan fingerprint density at radius 2 is 1.22 bits per heavy atom. The molecule has 0 saturated heterocycles. The van der Waals surface area contributed by atoms with E-state index in [1.165, 1.54) is 12.5 Å². The number of nitrogens with zero attached hydrogens (tertiary/aromatic N) is 1. The van der Waals surface area contributed by atoms with Crippen molar-refractivity contribution in [1.82, 2.24) is 41.2 Å². The molecule has 0 aliphatic rings. The highest BCUT2D eigenvalue weighted by Crippen LogP contribution is 2.21. The van der Waals surface area contributed by atoms with Gasteiger partial charge < -0.3 is 52.2 Å². The first kappa shape index (κ1) is 34.3. The van der Waals surface area contributed by atoms with Crippen molar-refractivity contribution in [3.05, 3.63) is 90.3 Å². The van der Waals surface area contributed by atoms with Crippen LogP contribution in [-0.4, -0.2) is 97.1 Å². The molecule has 3 heterocycles. The van der Waals surface area contributed by atoms with Crippen LogP contribution in [0.2, 0.25) is 0 Å². The summed E-state index contributed by atoms with van der Waals surface area (Å²) < 4.78 is 0. The molecule has 0 radical (unpaired) electrons. The molecule has 4 atom stereocenters. The summed E-state index contributed by atoms with van der Waals surface area (Å²) in [5.74, 6) is -4.25. The van der Waals surface area contributed by atoms with E-state index in [9.17, 15) is 34.2 Å². The largest absolute Gasteiger partial charge is 0.480 e. The summed E-state index contributed by atoms with van der Waals surface area (Å²) in [5, 5.41) is 30.5. The van der Waals surface area contributed by atoms with Gasteiger partial charge in [0.1, 0.15) is 30.7 Å². The van der Waals surface area contributed by atoms with Crippen LogP contribution in [0, 0.1) is 0 Å². The maximum Gasteiger partial charge on any atom is 0.322 e. The molecular weight excluding hydrogens is 634 g/mol. The molecule has 16 nitrogen and oxygen atoms in total. The molecule has 0 spiro atoms. The average molecular weight is 672 g/mol. The minimum Gasteiger partial charge on any atom is -0.480 e. The van der Waals surface area contributed by atoms with Crippen molar-refractivity contribution < 1.29 is 34.2 Å². The molecule has 11 N–H and O–H groups in total. The maximum atomic E-state index is 14.1. The Labute approximate surface area is 279 Å². The molecule has 0 fully saturated rings. The minimum absolute atomic E-state index is 0.00646. The van der Waals surface area contributed by atoms with Gasteiger partial charge >= 0.3 is 5.97 Å². The minimum atomic E-state index is -1.29. The Morgan fingerprint density at radius 1 is 0.714 bits per heavy atom. The Balaban J connectivity index is 1.44. The van der Waals surface area contributed by atoms with Crippen LogP contribution in [0.25, 0.3) is 21.8 Å². The van der Waals surface area contributed by atoms with Gasteiger partial charge in [-0.3, -0.25) is 24.0 Å². The van der Waals surface area contributed by atoms with Crippen molar-refractivity contribution >= 4 is 51.4 Å². The Hall–Kier alpha value is -6.00. The number of fused-ring (bicyclic) bond motifs is 2. The first-order chi connectivity index (χ1) is 23.6. The first-order valence-corrected chi connectivity index (χ1v) is 15.5. The number of nitrogens with one attached hydrogen (secondary N) is 7. The van der Waals surface area contributed by atoms with Crippen LogP contribution in [-0.2, 0) is 43.2 Å². The first-order valence-electron chi connectivity index (χ1n) is 15.5. The highest BCUT2D eigenvalue weighted by molar-refractivity contribution is 5.96. The highest BCUT2D eigenvalue weighted by atomic mass is 16.4. The van der Waals surface area contributed by atoms with Crippen LogP contribution in [0.4, 0.5) is 0 Å². The molecular formula is C33H37N9O7. The Bertz CT molecular complexity index is 1930. The second-order valence-electron chi connectivity index (χ2n) is 11.5. The summed E-state index contributed by atoms with van der Waals surface area (Å²) in [6.07, 6.45) is 6.24. The van der Waals surface area contributed by atoms with Gasteiger partial charge in [0.25, 0.3) is 0 Å². The lowest BCUT2D eigenvalue weighted by Gasteiger charge is -2.25. The number of amides is 4. The van der Waals surface area contributed by atoms with E-state index in [-0.39, 0.29) is 19.3 Å². The number of H-pyrrole nitrogens is 3. The number of aliphatic hydroxyl groups is 1. The fourth-order valence-corrected chi connectivity index (χ4v) is 5.48. The van der Waals surface area contributed by atoms with E-state index in [2.05, 4.69) is 41.2 Å². The lowest BCUT2D eigenvalue weighted by atomic mass is 10.0. The molecule has 49 heavy (non-hydrogen) atoms. The number of benzene rings is 2. The van der Waals surface area contributed by atoms with Crippen LogP contribution >= 0.6 is 0 Å². The predicted molar refractivity (Wildman–Crippen MR) is 178 cm³/mol. The van der Waals surface area contributed by atoms with Gasteiger partial charge in [0.2, 0.25) is 23.6 Å². The van der Waals surface area contributed by atoms with Crippen LogP contribution in [0.15, 0.2) is 73.4 Å². The van der Waals surface area contributed by atoms with Crippen LogP contribution in [0.5, 0.6) is 0 Å². The zero-order valence-corrected chi connectivity index (χ0v) is 26.2. The molecule has 3 aromatic heterocycles. The quantitative estimate of drug-likeness (QED) is 0.0640. The zero-order chi connectivity index (χ0) is 34.9. The van der Waals surface area contributed by atoms with Crippen molar-refractivity contribution in [3.8, 4) is 0 Å². The van der Waals surface area contributed by atoms with Crippen molar-refractivity contribution in [3.63, 3.8) is 0 Å².